The summed E-state index contributed by atoms with van der Waals surface area (Å²) in [5.41, 5.74) is 1.08. The lowest BCUT2D eigenvalue weighted by Gasteiger charge is -2.48. The van der Waals surface area contributed by atoms with Gasteiger partial charge in [0.15, 0.2) is 25.0 Å². The van der Waals surface area contributed by atoms with E-state index in [0.29, 0.717) is 6.61 Å². The highest BCUT2D eigenvalue weighted by Gasteiger charge is 2.54. The molecule has 0 spiro atoms. The van der Waals surface area contributed by atoms with Crippen LogP contribution in [0.1, 0.15) is 82.1 Å². The zero-order chi connectivity index (χ0) is 26.3. The van der Waals surface area contributed by atoms with Crippen molar-refractivity contribution < 1.29 is 17.1 Å². The van der Waals surface area contributed by atoms with Crippen molar-refractivity contribution in [3.8, 4) is 0 Å². The lowest BCUT2D eigenvalue weighted by molar-refractivity contribution is 0.151. The predicted octanol–water partition coefficient (Wildman–Crippen LogP) is 9.36. The van der Waals surface area contributed by atoms with Crippen LogP contribution >= 0.6 is 0 Å². The van der Waals surface area contributed by atoms with E-state index < -0.39 is 33.8 Å². The van der Waals surface area contributed by atoms with E-state index >= 15 is 0 Å². The van der Waals surface area contributed by atoms with Crippen LogP contribution in [0.5, 0.6) is 0 Å². The molecule has 0 radical (unpaired) electrons. The quantitative estimate of drug-likeness (QED) is 0.0767. The molecule has 0 saturated carbocycles. The molecule has 0 aliphatic rings. The summed E-state index contributed by atoms with van der Waals surface area (Å²) >= 11 is 0. The van der Waals surface area contributed by atoms with Gasteiger partial charge in [-0.25, -0.2) is 0 Å². The molecule has 0 fully saturated rings. The average molecular weight is 549 g/mol. The van der Waals surface area contributed by atoms with E-state index in [9.17, 15) is 0 Å². The summed E-state index contributed by atoms with van der Waals surface area (Å²) in [4.78, 5) is 0. The first kappa shape index (κ1) is 34.4. The largest absolute Gasteiger partial charge is 0.469 e. The summed E-state index contributed by atoms with van der Waals surface area (Å²) in [5, 5.41) is 0. The van der Waals surface area contributed by atoms with Gasteiger partial charge in [-0.3, -0.25) is 0 Å². The van der Waals surface area contributed by atoms with Crippen LogP contribution in [0.25, 0.3) is 0 Å². The van der Waals surface area contributed by atoms with Crippen LogP contribution in [-0.4, -0.2) is 47.0 Å². The summed E-state index contributed by atoms with van der Waals surface area (Å²) in [6.45, 7) is 28.4. The minimum Gasteiger partial charge on any atom is -0.416 e. The van der Waals surface area contributed by atoms with Crippen LogP contribution in [0, 0.1) is 0 Å². The van der Waals surface area contributed by atoms with Gasteiger partial charge in [0.25, 0.3) is 0 Å². The maximum atomic E-state index is 7.49. The first-order valence-electron chi connectivity index (χ1n) is 14.4. The smallest absolute Gasteiger partial charge is 0.416 e. The molecule has 34 heavy (non-hydrogen) atoms. The molecule has 0 N–H and O–H groups in total. The second-order valence-corrected chi connectivity index (χ2v) is 28.0. The Morgan fingerprint density at radius 2 is 0.882 bits per heavy atom. The second kappa shape index (κ2) is 17.0. The van der Waals surface area contributed by atoms with Crippen molar-refractivity contribution in [2.75, 3.05) is 13.2 Å². The third-order valence-corrected chi connectivity index (χ3v) is 29.8. The van der Waals surface area contributed by atoms with Crippen LogP contribution in [0.2, 0.25) is 60.4 Å². The highest BCUT2D eigenvalue weighted by Crippen LogP contribution is 2.39. The highest BCUT2D eigenvalue weighted by atomic mass is 28.5. The first-order valence-corrected chi connectivity index (χ1v) is 23.9. The molecule has 0 saturated heterocycles. The Labute approximate surface area is 218 Å². The molecule has 0 rings (SSSR count). The van der Waals surface area contributed by atoms with Crippen LogP contribution in [0.4, 0.5) is 0 Å². The molecule has 0 aromatic rings. The molecule has 0 atom stereocenters. The Kier molecular flexibility index (Phi) is 17.3. The van der Waals surface area contributed by atoms with Gasteiger partial charge in [0.1, 0.15) is 0 Å². The van der Waals surface area contributed by atoms with Crippen molar-refractivity contribution in [3.63, 3.8) is 0 Å². The van der Waals surface area contributed by atoms with Crippen molar-refractivity contribution in [2.45, 2.75) is 143 Å². The van der Waals surface area contributed by atoms with Gasteiger partial charge in [0.2, 0.25) is 0 Å². The van der Waals surface area contributed by atoms with E-state index in [1.165, 1.54) is 0 Å². The molecule has 0 bridgehead atoms. The summed E-state index contributed by atoms with van der Waals surface area (Å²) in [6.07, 6.45) is 2.07. The molecular weight excluding hydrogens is 489 g/mol. The maximum absolute atomic E-state index is 7.49. The fourth-order valence-corrected chi connectivity index (χ4v) is 26.0. The average Bonchev–Trinajstić information content (AvgIpc) is 2.86. The minimum atomic E-state index is -2.86. The predicted molar refractivity (Wildman–Crippen MR) is 160 cm³/mol. The molecule has 0 amide bonds. The number of unbranched alkanes of at least 4 members (excludes halogenated alkanes) is 1. The van der Waals surface area contributed by atoms with Crippen LogP contribution in [0.3, 0.4) is 0 Å². The lowest BCUT2D eigenvalue weighted by Crippen LogP contribution is -2.64. The molecule has 0 aromatic heterocycles. The Balaban J connectivity index is 6.32. The Hall–Kier alpha value is 0.448. The van der Waals surface area contributed by atoms with Gasteiger partial charge < -0.3 is 17.1 Å². The summed E-state index contributed by atoms with van der Waals surface area (Å²) in [6, 6.07) is 11.2. The monoisotopic (exact) mass is 548 g/mol. The van der Waals surface area contributed by atoms with Crippen molar-refractivity contribution in [1.29, 1.82) is 0 Å². The van der Waals surface area contributed by atoms with Gasteiger partial charge in [0.05, 0.1) is 6.61 Å². The van der Waals surface area contributed by atoms with Crippen LogP contribution in [0.15, 0.2) is 12.2 Å². The fourth-order valence-electron chi connectivity index (χ4n) is 4.90. The summed E-state index contributed by atoms with van der Waals surface area (Å²) in [5.74, 6) is 0. The van der Waals surface area contributed by atoms with Crippen LogP contribution in [-0.2, 0) is 17.1 Å². The SMILES string of the molecule is C=C(C)COCCCC[Si](O[Si](CC)(CC)CC)(O[Si](CC)(CC)CC)O[Si](CC)(CC)CC. The topological polar surface area (TPSA) is 36.9 Å². The van der Waals surface area contributed by atoms with E-state index in [1.807, 2.05) is 6.92 Å². The molecule has 8 heteroatoms. The van der Waals surface area contributed by atoms with Crippen LogP contribution < -0.4 is 0 Å². The van der Waals surface area contributed by atoms with Gasteiger partial charge >= 0.3 is 8.80 Å². The number of hydrogen-bond donors (Lipinski definition) is 0. The molecule has 0 unspecified atom stereocenters. The van der Waals surface area contributed by atoms with Crippen molar-refractivity contribution in [2.24, 2.45) is 0 Å². The number of hydrogen-bond acceptors (Lipinski definition) is 4. The minimum absolute atomic E-state index is 0.651. The van der Waals surface area contributed by atoms with Gasteiger partial charge in [-0.1, -0.05) is 74.5 Å². The molecular formula is C26H60O4Si4. The molecule has 0 aliphatic carbocycles. The number of ether oxygens (including phenoxy) is 1. The molecule has 0 aliphatic heterocycles. The van der Waals surface area contributed by atoms with Gasteiger partial charge in [-0.05, 0) is 74.2 Å². The lowest BCUT2D eigenvalue weighted by atomic mass is 10.3. The van der Waals surface area contributed by atoms with E-state index in [-0.39, 0.29) is 0 Å². The van der Waals surface area contributed by atoms with Crippen molar-refractivity contribution in [3.05, 3.63) is 12.2 Å². The van der Waals surface area contributed by atoms with Crippen molar-refractivity contribution >= 4 is 33.8 Å². The molecule has 0 aromatic carbocycles. The molecule has 204 valence electrons. The zero-order valence-electron chi connectivity index (χ0n) is 24.7. The third kappa shape index (κ3) is 10.4. The summed E-state index contributed by atoms with van der Waals surface area (Å²) in [7, 11) is -8.58. The zero-order valence-corrected chi connectivity index (χ0v) is 28.7. The molecule has 4 nitrogen and oxygen atoms in total. The normalized spacial score (nSPS) is 13.5. The van der Waals surface area contributed by atoms with Gasteiger partial charge in [0, 0.05) is 12.7 Å². The van der Waals surface area contributed by atoms with E-state index in [2.05, 4.69) is 68.9 Å². The summed E-state index contributed by atoms with van der Waals surface area (Å²) < 4.78 is 28.3. The molecule has 0 heterocycles. The van der Waals surface area contributed by atoms with Crippen molar-refractivity contribution in [1.82, 2.24) is 0 Å². The first-order chi connectivity index (χ1) is 16.1. The van der Waals surface area contributed by atoms with Gasteiger partial charge in [-0.15, -0.1) is 0 Å². The highest BCUT2D eigenvalue weighted by molar-refractivity contribution is 6.92. The Morgan fingerprint density at radius 1 is 0.559 bits per heavy atom. The fraction of sp³-hybridized carbons (Fsp3) is 0.923. The van der Waals surface area contributed by atoms with Gasteiger partial charge in [-0.2, -0.15) is 0 Å². The van der Waals surface area contributed by atoms with E-state index in [1.54, 1.807) is 0 Å². The van der Waals surface area contributed by atoms with E-state index in [4.69, 9.17) is 17.1 Å². The maximum Gasteiger partial charge on any atom is 0.469 e. The standard InChI is InChI=1S/C26H60O4Si4/c1-12-31(13-2,14-3)28-34(29-32(15-4,16-5)17-6,30-33(18-7,19-8)20-9)24-22-21-23-27-25-26(10)11/h10,12-25H2,1-9,11H3. The third-order valence-electron chi connectivity index (χ3n) is 8.29. The van der Waals surface area contributed by atoms with E-state index in [0.717, 1.165) is 85.5 Å². The second-order valence-electron chi connectivity index (χ2n) is 10.2. The Bertz CT molecular complexity index is 467. The Morgan fingerprint density at radius 3 is 1.15 bits per heavy atom. The number of rotatable bonds is 22.